The first kappa shape index (κ1) is 13.1. The van der Waals surface area contributed by atoms with Gasteiger partial charge in [0.2, 0.25) is 0 Å². The summed E-state index contributed by atoms with van der Waals surface area (Å²) in [6, 6.07) is 7.75. The fraction of sp³-hybridized carbons (Fsp3) is 0.200. The molecule has 1 aromatic carbocycles. The minimum atomic E-state index is -0.00381. The number of hydrogen-bond acceptors (Lipinski definition) is 3. The van der Waals surface area contributed by atoms with E-state index in [2.05, 4.69) is 11.7 Å². The average Bonchev–Trinajstić information content (AvgIpc) is 2.83. The number of ether oxygens (including phenoxy) is 1. The minimum absolute atomic E-state index is 0.00381. The van der Waals surface area contributed by atoms with E-state index in [9.17, 15) is 4.79 Å². The molecule has 1 aromatic heterocycles. The zero-order valence-electron chi connectivity index (χ0n) is 11.1. The highest BCUT2D eigenvalue weighted by Gasteiger charge is 2.10. The Balaban J connectivity index is 2.22. The van der Waals surface area contributed by atoms with E-state index in [1.807, 2.05) is 24.3 Å². The predicted octanol–water partition coefficient (Wildman–Crippen LogP) is 2.79. The van der Waals surface area contributed by atoms with Gasteiger partial charge in [-0.05, 0) is 30.7 Å². The van der Waals surface area contributed by atoms with Crippen LogP contribution in [0.1, 0.15) is 28.5 Å². The number of benzene rings is 1. The number of Topliss-reactive ketones (excluding diaryl/α,β-unsaturated/α-hetero) is 1. The van der Waals surface area contributed by atoms with Crippen LogP contribution in [0, 0.1) is 0 Å². The molecule has 1 heterocycles. The van der Waals surface area contributed by atoms with E-state index in [-0.39, 0.29) is 5.78 Å². The molecule has 0 amide bonds. The van der Waals surface area contributed by atoms with Crippen LogP contribution in [-0.2, 0) is 6.54 Å². The highest BCUT2D eigenvalue weighted by atomic mass is 16.5. The molecule has 0 unspecified atom stereocenters. The molecule has 19 heavy (non-hydrogen) atoms. The molecule has 0 aliphatic carbocycles. The van der Waals surface area contributed by atoms with Crippen molar-refractivity contribution >= 4 is 11.9 Å². The van der Waals surface area contributed by atoms with E-state index < -0.39 is 0 Å². The third kappa shape index (κ3) is 2.91. The number of nitrogens with zero attached hydrogens (tertiary/aromatic N) is 2. The Morgan fingerprint density at radius 3 is 2.58 bits per heavy atom. The summed E-state index contributed by atoms with van der Waals surface area (Å²) in [5, 5.41) is 4.33. The van der Waals surface area contributed by atoms with Crippen molar-refractivity contribution in [2.45, 2.75) is 13.5 Å². The molecule has 2 rings (SSSR count). The molecule has 2 aromatic rings. The zero-order valence-corrected chi connectivity index (χ0v) is 11.1. The van der Waals surface area contributed by atoms with Crippen LogP contribution in [0.4, 0.5) is 0 Å². The molecule has 0 fully saturated rings. The van der Waals surface area contributed by atoms with Gasteiger partial charge in [-0.15, -0.1) is 0 Å². The van der Waals surface area contributed by atoms with Crippen LogP contribution in [0.5, 0.6) is 5.75 Å². The average molecular weight is 256 g/mol. The quantitative estimate of drug-likeness (QED) is 0.773. The minimum Gasteiger partial charge on any atom is -0.497 e. The zero-order chi connectivity index (χ0) is 13.8. The maximum Gasteiger partial charge on any atom is 0.163 e. The van der Waals surface area contributed by atoms with E-state index in [1.165, 1.54) is 6.92 Å². The molecule has 0 atom stereocenters. The van der Waals surface area contributed by atoms with Crippen LogP contribution in [-0.4, -0.2) is 22.7 Å². The maximum atomic E-state index is 11.5. The van der Waals surface area contributed by atoms with E-state index in [0.29, 0.717) is 17.8 Å². The molecule has 0 saturated heterocycles. The lowest BCUT2D eigenvalue weighted by Crippen LogP contribution is -2.00. The molecular formula is C15H16N2O2. The Kier molecular flexibility index (Phi) is 3.80. The summed E-state index contributed by atoms with van der Waals surface area (Å²) < 4.78 is 6.86. The summed E-state index contributed by atoms with van der Waals surface area (Å²) in [7, 11) is 1.64. The Bertz CT molecular complexity index is 597. The number of carbonyl (C=O) groups is 1. The van der Waals surface area contributed by atoms with Gasteiger partial charge >= 0.3 is 0 Å². The lowest BCUT2D eigenvalue weighted by atomic mass is 10.2. The van der Waals surface area contributed by atoms with E-state index >= 15 is 0 Å². The first-order valence-corrected chi connectivity index (χ1v) is 5.98. The first-order chi connectivity index (χ1) is 9.13. The van der Waals surface area contributed by atoms with Gasteiger partial charge in [-0.1, -0.05) is 18.7 Å². The molecule has 0 saturated carbocycles. The molecule has 0 N–H and O–H groups in total. The highest BCUT2D eigenvalue weighted by molar-refractivity contribution is 5.96. The summed E-state index contributed by atoms with van der Waals surface area (Å²) >= 11 is 0. The summed E-state index contributed by atoms with van der Waals surface area (Å²) in [5.74, 6) is 0.816. The van der Waals surface area contributed by atoms with Gasteiger partial charge in [0, 0.05) is 6.20 Å². The first-order valence-electron chi connectivity index (χ1n) is 5.98. The van der Waals surface area contributed by atoms with Crippen LogP contribution < -0.4 is 4.74 Å². The number of ketones is 1. The van der Waals surface area contributed by atoms with Crippen LogP contribution >= 0.6 is 0 Å². The normalized spacial score (nSPS) is 10.2. The van der Waals surface area contributed by atoms with Crippen molar-refractivity contribution in [3.63, 3.8) is 0 Å². The van der Waals surface area contributed by atoms with Crippen molar-refractivity contribution in [2.24, 2.45) is 0 Å². The van der Waals surface area contributed by atoms with Crippen LogP contribution in [0.2, 0.25) is 0 Å². The van der Waals surface area contributed by atoms with E-state index in [0.717, 1.165) is 11.3 Å². The molecule has 0 aliphatic rings. The largest absolute Gasteiger partial charge is 0.497 e. The fourth-order valence-corrected chi connectivity index (χ4v) is 1.86. The summed E-state index contributed by atoms with van der Waals surface area (Å²) in [6.07, 6.45) is 3.35. The molecule has 98 valence electrons. The van der Waals surface area contributed by atoms with Crippen molar-refractivity contribution in [3.05, 3.63) is 53.9 Å². The monoisotopic (exact) mass is 256 g/mol. The van der Waals surface area contributed by atoms with Crippen LogP contribution in [0.3, 0.4) is 0 Å². The second-order valence-corrected chi connectivity index (χ2v) is 4.23. The molecule has 4 heteroatoms. The van der Waals surface area contributed by atoms with Gasteiger partial charge in [-0.3, -0.25) is 9.48 Å². The van der Waals surface area contributed by atoms with E-state index in [4.69, 9.17) is 4.74 Å². The summed E-state index contributed by atoms with van der Waals surface area (Å²) in [4.78, 5) is 11.5. The smallest absolute Gasteiger partial charge is 0.163 e. The van der Waals surface area contributed by atoms with Gasteiger partial charge in [0.15, 0.2) is 5.78 Å². The number of aromatic nitrogens is 2. The Morgan fingerprint density at radius 2 is 2.11 bits per heavy atom. The summed E-state index contributed by atoms with van der Waals surface area (Å²) in [5.41, 5.74) is 2.32. The number of hydrogen-bond donors (Lipinski definition) is 0. The lowest BCUT2D eigenvalue weighted by molar-refractivity contribution is 0.101. The third-order valence-corrected chi connectivity index (χ3v) is 2.87. The molecule has 0 spiro atoms. The van der Waals surface area contributed by atoms with Crippen LogP contribution in [0.25, 0.3) is 6.08 Å². The van der Waals surface area contributed by atoms with Gasteiger partial charge in [0.25, 0.3) is 0 Å². The van der Waals surface area contributed by atoms with Crippen LogP contribution in [0.15, 0.2) is 37.0 Å². The molecule has 0 radical (unpaired) electrons. The van der Waals surface area contributed by atoms with Crippen molar-refractivity contribution in [3.8, 4) is 5.75 Å². The second-order valence-electron chi connectivity index (χ2n) is 4.23. The third-order valence-electron chi connectivity index (χ3n) is 2.87. The lowest BCUT2D eigenvalue weighted by Gasteiger charge is -2.03. The fourth-order valence-electron chi connectivity index (χ4n) is 1.86. The highest BCUT2D eigenvalue weighted by Crippen LogP contribution is 2.14. The molecular weight excluding hydrogens is 240 g/mol. The number of carbonyl (C=O) groups excluding carboxylic acids is 1. The van der Waals surface area contributed by atoms with Gasteiger partial charge in [0.1, 0.15) is 5.75 Å². The van der Waals surface area contributed by atoms with Gasteiger partial charge < -0.3 is 4.74 Å². The molecule has 4 nitrogen and oxygen atoms in total. The Hall–Kier alpha value is -2.36. The standard InChI is InChI=1S/C15H16N2O2/c1-4-15-14(11(2)18)10-17(16-15)9-12-5-7-13(19-3)8-6-12/h4-8,10H,1,9H2,2-3H3. The number of methoxy groups -OCH3 is 1. The van der Waals surface area contributed by atoms with Crippen molar-refractivity contribution in [2.75, 3.05) is 7.11 Å². The van der Waals surface area contributed by atoms with Gasteiger partial charge in [-0.2, -0.15) is 5.10 Å². The number of rotatable bonds is 5. The topological polar surface area (TPSA) is 44.1 Å². The Labute approximate surface area is 112 Å². The second kappa shape index (κ2) is 5.52. The SMILES string of the molecule is C=Cc1nn(Cc2ccc(OC)cc2)cc1C(C)=O. The Morgan fingerprint density at radius 1 is 1.42 bits per heavy atom. The van der Waals surface area contributed by atoms with Crippen molar-refractivity contribution in [1.29, 1.82) is 0 Å². The van der Waals surface area contributed by atoms with Gasteiger partial charge in [0.05, 0.1) is 24.9 Å². The summed E-state index contributed by atoms with van der Waals surface area (Å²) in [6.45, 7) is 5.81. The molecule has 0 bridgehead atoms. The maximum absolute atomic E-state index is 11.5. The van der Waals surface area contributed by atoms with Crippen molar-refractivity contribution < 1.29 is 9.53 Å². The van der Waals surface area contributed by atoms with E-state index in [1.54, 1.807) is 24.1 Å². The molecule has 0 aliphatic heterocycles. The van der Waals surface area contributed by atoms with Crippen molar-refractivity contribution in [1.82, 2.24) is 9.78 Å². The predicted molar refractivity (Wildman–Crippen MR) is 74.4 cm³/mol. The van der Waals surface area contributed by atoms with Gasteiger partial charge in [-0.25, -0.2) is 0 Å².